The summed E-state index contributed by atoms with van der Waals surface area (Å²) in [6, 6.07) is 21.2. The van der Waals surface area contributed by atoms with Crippen molar-refractivity contribution < 1.29 is 14.3 Å². The van der Waals surface area contributed by atoms with Gasteiger partial charge in [0.15, 0.2) is 5.11 Å². The second-order valence-corrected chi connectivity index (χ2v) is 9.15. The SMILES string of the molecule is COc1ccc(NC(=S)N(CCc2ccccc2)[C@H]2CC(=O)N(c3c(Cl)cccc3Cl)C2=O)cc1. The molecule has 35 heavy (non-hydrogen) atoms. The first-order valence-electron chi connectivity index (χ1n) is 11.0. The molecule has 4 rings (SSSR count). The van der Waals surface area contributed by atoms with Crippen LogP contribution >= 0.6 is 35.4 Å². The second kappa shape index (κ2) is 11.1. The van der Waals surface area contributed by atoms with Gasteiger partial charge in [-0.25, -0.2) is 4.90 Å². The lowest BCUT2D eigenvalue weighted by atomic mass is 10.1. The fourth-order valence-electron chi connectivity index (χ4n) is 3.96. The number of nitrogens with zero attached hydrogens (tertiary/aromatic N) is 2. The van der Waals surface area contributed by atoms with Gasteiger partial charge in [0.2, 0.25) is 5.91 Å². The highest BCUT2D eigenvalue weighted by Gasteiger charge is 2.44. The van der Waals surface area contributed by atoms with Crippen molar-refractivity contribution in [3.05, 3.63) is 88.4 Å². The van der Waals surface area contributed by atoms with Crippen molar-refractivity contribution in [2.75, 3.05) is 23.9 Å². The van der Waals surface area contributed by atoms with Crippen LogP contribution in [0.25, 0.3) is 0 Å². The number of hydrogen-bond donors (Lipinski definition) is 1. The molecule has 3 aromatic carbocycles. The number of carbonyl (C=O) groups is 2. The number of nitrogens with one attached hydrogen (secondary N) is 1. The van der Waals surface area contributed by atoms with Gasteiger partial charge < -0.3 is 15.0 Å². The third-order valence-corrected chi connectivity index (χ3v) is 6.69. The molecule has 1 fully saturated rings. The third kappa shape index (κ3) is 5.59. The Hall–Kier alpha value is -3.13. The number of carbonyl (C=O) groups excluding carboxylic acids is 2. The lowest BCUT2D eigenvalue weighted by Gasteiger charge is -2.30. The number of ether oxygens (including phenoxy) is 1. The van der Waals surface area contributed by atoms with Gasteiger partial charge in [0, 0.05) is 12.2 Å². The van der Waals surface area contributed by atoms with Crippen LogP contribution in [0.15, 0.2) is 72.8 Å². The summed E-state index contributed by atoms with van der Waals surface area (Å²) in [5, 5.41) is 3.99. The molecule has 9 heteroatoms. The smallest absolute Gasteiger partial charge is 0.257 e. The van der Waals surface area contributed by atoms with E-state index in [1.165, 1.54) is 0 Å². The van der Waals surface area contributed by atoms with Gasteiger partial charge in [0.25, 0.3) is 5.91 Å². The zero-order valence-electron chi connectivity index (χ0n) is 18.9. The summed E-state index contributed by atoms with van der Waals surface area (Å²) in [4.78, 5) is 29.4. The van der Waals surface area contributed by atoms with E-state index in [9.17, 15) is 9.59 Å². The number of thiocarbonyl (C=S) groups is 1. The largest absolute Gasteiger partial charge is 0.497 e. The lowest BCUT2D eigenvalue weighted by molar-refractivity contribution is -0.122. The highest BCUT2D eigenvalue weighted by Crippen LogP contribution is 2.37. The van der Waals surface area contributed by atoms with Gasteiger partial charge in [-0.3, -0.25) is 9.59 Å². The van der Waals surface area contributed by atoms with Gasteiger partial charge in [0.05, 0.1) is 29.3 Å². The number of hydrogen-bond acceptors (Lipinski definition) is 4. The van der Waals surface area contributed by atoms with Crippen LogP contribution in [0.1, 0.15) is 12.0 Å². The first-order chi connectivity index (χ1) is 16.9. The second-order valence-electron chi connectivity index (χ2n) is 7.95. The molecule has 1 atom stereocenters. The Labute approximate surface area is 219 Å². The predicted molar refractivity (Wildman–Crippen MR) is 143 cm³/mol. The summed E-state index contributed by atoms with van der Waals surface area (Å²) >= 11 is 18.3. The van der Waals surface area contributed by atoms with Crippen LogP contribution in [0, 0.1) is 0 Å². The number of imide groups is 1. The number of amides is 2. The van der Waals surface area contributed by atoms with Gasteiger partial charge in [-0.05, 0) is 60.6 Å². The van der Waals surface area contributed by atoms with Crippen LogP contribution in [0.3, 0.4) is 0 Å². The van der Waals surface area contributed by atoms with Gasteiger partial charge in [-0.2, -0.15) is 0 Å². The molecule has 6 nitrogen and oxygen atoms in total. The normalized spacial score (nSPS) is 15.3. The van der Waals surface area contributed by atoms with E-state index < -0.39 is 11.9 Å². The molecular formula is C26H23Cl2N3O3S. The molecule has 0 radical (unpaired) electrons. The molecule has 0 unspecified atom stereocenters. The number of halogens is 2. The molecule has 3 aromatic rings. The van der Waals surface area contributed by atoms with E-state index >= 15 is 0 Å². The zero-order chi connectivity index (χ0) is 24.9. The Morgan fingerprint density at radius 1 is 1.03 bits per heavy atom. The van der Waals surface area contributed by atoms with Crippen molar-refractivity contribution in [1.82, 2.24) is 4.90 Å². The number of methoxy groups -OCH3 is 1. The summed E-state index contributed by atoms with van der Waals surface area (Å²) in [6.07, 6.45) is 0.593. The van der Waals surface area contributed by atoms with Crippen molar-refractivity contribution >= 4 is 63.7 Å². The highest BCUT2D eigenvalue weighted by molar-refractivity contribution is 7.80. The highest BCUT2D eigenvalue weighted by atomic mass is 35.5. The molecule has 1 aliphatic heterocycles. The quantitative estimate of drug-likeness (QED) is 0.320. The maximum Gasteiger partial charge on any atom is 0.257 e. The molecule has 1 N–H and O–H groups in total. The molecule has 0 spiro atoms. The minimum Gasteiger partial charge on any atom is -0.497 e. The summed E-state index contributed by atoms with van der Waals surface area (Å²) in [5.74, 6) is -0.0878. The van der Waals surface area contributed by atoms with Gasteiger partial charge in [-0.1, -0.05) is 59.6 Å². The van der Waals surface area contributed by atoms with Gasteiger partial charge in [0.1, 0.15) is 11.8 Å². The Balaban J connectivity index is 1.61. The summed E-state index contributed by atoms with van der Waals surface area (Å²) < 4.78 is 5.21. The van der Waals surface area contributed by atoms with E-state index in [0.29, 0.717) is 23.8 Å². The zero-order valence-corrected chi connectivity index (χ0v) is 21.2. The van der Waals surface area contributed by atoms with E-state index in [-0.39, 0.29) is 28.1 Å². The van der Waals surface area contributed by atoms with Crippen molar-refractivity contribution in [2.45, 2.75) is 18.9 Å². The number of benzene rings is 3. The van der Waals surface area contributed by atoms with Gasteiger partial charge in [-0.15, -0.1) is 0 Å². The van der Waals surface area contributed by atoms with E-state index in [4.69, 9.17) is 40.2 Å². The van der Waals surface area contributed by atoms with Gasteiger partial charge >= 0.3 is 0 Å². The molecule has 0 saturated carbocycles. The molecule has 0 bridgehead atoms. The molecule has 1 heterocycles. The Bertz CT molecular complexity index is 1220. The van der Waals surface area contributed by atoms with Crippen molar-refractivity contribution in [3.8, 4) is 5.75 Å². The van der Waals surface area contributed by atoms with E-state index in [2.05, 4.69) is 5.32 Å². The lowest BCUT2D eigenvalue weighted by Crippen LogP contribution is -2.48. The monoisotopic (exact) mass is 527 g/mol. The number of para-hydroxylation sites is 1. The average Bonchev–Trinajstić information content (AvgIpc) is 3.14. The maximum absolute atomic E-state index is 13.6. The fourth-order valence-corrected chi connectivity index (χ4v) is 4.86. The topological polar surface area (TPSA) is 61.9 Å². The number of rotatable bonds is 7. The minimum absolute atomic E-state index is 0.0421. The molecule has 1 aliphatic rings. The van der Waals surface area contributed by atoms with Crippen molar-refractivity contribution in [3.63, 3.8) is 0 Å². The summed E-state index contributed by atoms with van der Waals surface area (Å²) in [7, 11) is 1.60. The molecule has 180 valence electrons. The fraction of sp³-hybridized carbons (Fsp3) is 0.192. The van der Waals surface area contributed by atoms with E-state index in [0.717, 1.165) is 16.2 Å². The van der Waals surface area contributed by atoms with Crippen molar-refractivity contribution in [2.24, 2.45) is 0 Å². The van der Waals surface area contributed by atoms with Crippen LogP contribution in [-0.2, 0) is 16.0 Å². The Morgan fingerprint density at radius 2 is 1.69 bits per heavy atom. The van der Waals surface area contributed by atoms with Crippen LogP contribution in [0.4, 0.5) is 11.4 Å². The number of anilines is 2. The van der Waals surface area contributed by atoms with Crippen LogP contribution in [-0.4, -0.2) is 41.5 Å². The summed E-state index contributed by atoms with van der Waals surface area (Å²) in [6.45, 7) is 0.430. The maximum atomic E-state index is 13.6. The molecule has 0 aliphatic carbocycles. The molecule has 0 aromatic heterocycles. The van der Waals surface area contributed by atoms with Crippen molar-refractivity contribution in [1.29, 1.82) is 0 Å². The van der Waals surface area contributed by atoms with E-state index in [1.807, 2.05) is 54.6 Å². The molecule has 1 saturated heterocycles. The molecule has 2 amide bonds. The predicted octanol–water partition coefficient (Wildman–Crippen LogP) is 5.58. The molecular weight excluding hydrogens is 505 g/mol. The third-order valence-electron chi connectivity index (χ3n) is 5.75. The summed E-state index contributed by atoms with van der Waals surface area (Å²) in [5.41, 5.74) is 2.03. The standard InChI is InChI=1S/C26H23Cl2N3O3S/c1-34-19-12-10-18(11-13-19)29-26(35)30(15-14-17-6-3-2-4-7-17)22-16-23(32)31(25(22)33)24-20(27)8-5-9-21(24)28/h2-13,22H,14-16H2,1H3,(H,29,35)/t22-/m0/s1. The van der Waals surface area contributed by atoms with Crippen LogP contribution < -0.4 is 15.0 Å². The first kappa shape index (κ1) is 25.0. The Morgan fingerprint density at radius 3 is 2.31 bits per heavy atom. The first-order valence-corrected chi connectivity index (χ1v) is 12.1. The Kier molecular flexibility index (Phi) is 7.90. The average molecular weight is 528 g/mol. The van der Waals surface area contributed by atoms with Crippen LogP contribution in [0.2, 0.25) is 10.0 Å². The van der Waals surface area contributed by atoms with E-state index in [1.54, 1.807) is 30.2 Å². The minimum atomic E-state index is -0.795. The van der Waals surface area contributed by atoms with Crippen LogP contribution in [0.5, 0.6) is 5.75 Å².